The van der Waals surface area contributed by atoms with E-state index < -0.39 is 5.79 Å². The minimum absolute atomic E-state index is 0.367. The second kappa shape index (κ2) is 5.61. The van der Waals surface area contributed by atoms with Gasteiger partial charge >= 0.3 is 5.69 Å². The van der Waals surface area contributed by atoms with Crippen LogP contribution in [-0.2, 0) is 9.47 Å². The molecule has 0 amide bonds. The highest BCUT2D eigenvalue weighted by Crippen LogP contribution is 2.33. The summed E-state index contributed by atoms with van der Waals surface area (Å²) in [5.74, 6) is 3.06. The van der Waals surface area contributed by atoms with Gasteiger partial charge in [0.05, 0.1) is 26.3 Å². The average molecular weight is 329 g/mol. The molecule has 4 heterocycles. The van der Waals surface area contributed by atoms with Crippen LogP contribution in [0.25, 0.3) is 5.70 Å². The van der Waals surface area contributed by atoms with Crippen molar-refractivity contribution in [3.8, 4) is 12.3 Å². The maximum Gasteiger partial charge on any atom is 0.358 e. The standard InChI is InChI=1S/C16H19N5O3/c1-3-6-20-11-12(2)21-14(20)17-13(18-15(21)22)19-7-4-16(5-8-19)23-9-10-24-16/h1H,2,4-11H2. The van der Waals surface area contributed by atoms with Gasteiger partial charge in [-0.2, -0.15) is 9.97 Å². The van der Waals surface area contributed by atoms with E-state index >= 15 is 0 Å². The maximum atomic E-state index is 12.4. The van der Waals surface area contributed by atoms with Crippen molar-refractivity contribution in [1.82, 2.24) is 14.5 Å². The summed E-state index contributed by atoms with van der Waals surface area (Å²) in [5, 5.41) is 0. The Morgan fingerprint density at radius 2 is 1.96 bits per heavy atom. The first-order chi connectivity index (χ1) is 11.6. The van der Waals surface area contributed by atoms with Gasteiger partial charge in [0.1, 0.15) is 0 Å². The molecule has 24 heavy (non-hydrogen) atoms. The quantitative estimate of drug-likeness (QED) is 0.702. The lowest BCUT2D eigenvalue weighted by Crippen LogP contribution is -2.46. The topological polar surface area (TPSA) is 72.7 Å². The van der Waals surface area contributed by atoms with Crippen molar-refractivity contribution < 1.29 is 9.47 Å². The third-order valence-corrected chi connectivity index (χ3v) is 4.66. The Balaban J connectivity index is 1.60. The van der Waals surface area contributed by atoms with Gasteiger partial charge < -0.3 is 19.3 Å². The largest absolute Gasteiger partial charge is 0.358 e. The van der Waals surface area contributed by atoms with E-state index in [1.807, 2.05) is 9.80 Å². The molecule has 2 saturated heterocycles. The molecular weight excluding hydrogens is 310 g/mol. The third kappa shape index (κ3) is 2.37. The number of ether oxygens (including phenoxy) is 2. The number of terminal acetylenes is 1. The monoisotopic (exact) mass is 329 g/mol. The smallest absolute Gasteiger partial charge is 0.347 e. The van der Waals surface area contributed by atoms with Gasteiger partial charge in [-0.1, -0.05) is 12.5 Å². The second-order valence-corrected chi connectivity index (χ2v) is 6.16. The van der Waals surface area contributed by atoms with Crippen LogP contribution in [0.5, 0.6) is 0 Å². The van der Waals surface area contributed by atoms with Gasteiger partial charge in [-0.05, 0) is 0 Å². The Bertz CT molecular complexity index is 765. The van der Waals surface area contributed by atoms with Gasteiger partial charge in [0.25, 0.3) is 0 Å². The first kappa shape index (κ1) is 15.2. The summed E-state index contributed by atoms with van der Waals surface area (Å²) in [6.45, 7) is 7.40. The van der Waals surface area contributed by atoms with Gasteiger partial charge in [0, 0.05) is 31.6 Å². The number of aromatic nitrogens is 3. The maximum absolute atomic E-state index is 12.4. The van der Waals surface area contributed by atoms with Crippen LogP contribution in [0, 0.1) is 12.3 Å². The zero-order valence-electron chi connectivity index (χ0n) is 13.4. The minimum atomic E-state index is -0.466. The summed E-state index contributed by atoms with van der Waals surface area (Å²) in [5.41, 5.74) is 0.273. The van der Waals surface area contributed by atoms with Gasteiger partial charge in [-0.3, -0.25) is 0 Å². The molecule has 126 valence electrons. The molecule has 1 aromatic heterocycles. The zero-order valence-corrected chi connectivity index (χ0v) is 13.4. The molecule has 0 atom stereocenters. The van der Waals surface area contributed by atoms with Crippen molar-refractivity contribution >= 4 is 17.6 Å². The van der Waals surface area contributed by atoms with Gasteiger partial charge in [-0.15, -0.1) is 6.42 Å². The molecule has 1 spiro atoms. The summed E-state index contributed by atoms with van der Waals surface area (Å²) in [7, 11) is 0. The van der Waals surface area contributed by atoms with Crippen molar-refractivity contribution in [1.29, 1.82) is 0 Å². The molecule has 3 aliphatic rings. The molecule has 2 fully saturated rings. The Labute approximate surface area is 139 Å². The van der Waals surface area contributed by atoms with Gasteiger partial charge in [0.15, 0.2) is 5.79 Å². The molecule has 0 N–H and O–H groups in total. The highest BCUT2D eigenvalue weighted by molar-refractivity contribution is 5.63. The number of fused-ring (bicyclic) bond motifs is 1. The van der Waals surface area contributed by atoms with Crippen LogP contribution in [0.3, 0.4) is 0 Å². The molecule has 0 aliphatic carbocycles. The zero-order chi connectivity index (χ0) is 16.7. The van der Waals surface area contributed by atoms with Crippen LogP contribution in [0.15, 0.2) is 11.4 Å². The molecule has 3 aliphatic heterocycles. The number of nitrogens with zero attached hydrogens (tertiary/aromatic N) is 5. The SMILES string of the molecule is C#CCN1CC(=C)n2c1nc(N1CCC3(CC1)OCCO3)nc2=O. The predicted molar refractivity (Wildman–Crippen MR) is 88.8 cm³/mol. The number of rotatable bonds is 2. The number of hydrogen-bond acceptors (Lipinski definition) is 7. The molecule has 8 nitrogen and oxygen atoms in total. The predicted octanol–water partition coefficient (Wildman–Crippen LogP) is -0.0945. The molecule has 0 bridgehead atoms. The number of piperidine rings is 1. The highest BCUT2D eigenvalue weighted by atomic mass is 16.7. The Hall–Kier alpha value is -2.37. The van der Waals surface area contributed by atoms with Crippen molar-refractivity contribution in [2.24, 2.45) is 0 Å². The van der Waals surface area contributed by atoms with Crippen LogP contribution >= 0.6 is 0 Å². The van der Waals surface area contributed by atoms with Crippen LogP contribution in [0.4, 0.5) is 11.9 Å². The first-order valence-corrected chi connectivity index (χ1v) is 8.02. The fraction of sp³-hybridized carbons (Fsp3) is 0.562. The molecule has 1 aromatic rings. The molecule has 0 radical (unpaired) electrons. The van der Waals surface area contributed by atoms with Crippen LogP contribution < -0.4 is 15.5 Å². The van der Waals surface area contributed by atoms with Crippen molar-refractivity contribution in [3.63, 3.8) is 0 Å². The van der Waals surface area contributed by atoms with Gasteiger partial charge in [0.2, 0.25) is 11.9 Å². The number of anilines is 2. The molecular formula is C16H19N5O3. The lowest BCUT2D eigenvalue weighted by Gasteiger charge is -2.37. The Kier molecular flexibility index (Phi) is 3.55. The summed E-state index contributed by atoms with van der Waals surface area (Å²) >= 11 is 0. The van der Waals surface area contributed by atoms with E-state index in [0.717, 1.165) is 12.8 Å². The summed E-state index contributed by atoms with van der Waals surface area (Å²) in [4.78, 5) is 24.9. The van der Waals surface area contributed by atoms with E-state index in [2.05, 4.69) is 22.5 Å². The van der Waals surface area contributed by atoms with Crippen molar-refractivity contribution in [3.05, 3.63) is 17.1 Å². The fourth-order valence-corrected chi connectivity index (χ4v) is 3.45. The summed E-state index contributed by atoms with van der Waals surface area (Å²) < 4.78 is 12.9. The van der Waals surface area contributed by atoms with E-state index in [-0.39, 0.29) is 5.69 Å². The normalized spacial score (nSPS) is 22.0. The molecule has 8 heteroatoms. The Morgan fingerprint density at radius 3 is 2.62 bits per heavy atom. The van der Waals surface area contributed by atoms with Crippen LogP contribution in [0.2, 0.25) is 0 Å². The molecule has 0 saturated carbocycles. The van der Waals surface area contributed by atoms with E-state index in [1.165, 1.54) is 4.57 Å². The molecule has 4 rings (SSSR count). The second-order valence-electron chi connectivity index (χ2n) is 6.16. The summed E-state index contributed by atoms with van der Waals surface area (Å²) in [6.07, 6.45) is 6.87. The van der Waals surface area contributed by atoms with Gasteiger partial charge in [-0.25, -0.2) is 9.36 Å². The summed E-state index contributed by atoms with van der Waals surface area (Å²) in [6, 6.07) is 0. The fourth-order valence-electron chi connectivity index (χ4n) is 3.45. The van der Waals surface area contributed by atoms with Crippen molar-refractivity contribution in [2.45, 2.75) is 18.6 Å². The lowest BCUT2D eigenvalue weighted by atomic mass is 10.0. The molecule has 0 aromatic carbocycles. The lowest BCUT2D eigenvalue weighted by molar-refractivity contribution is -0.169. The van der Waals surface area contributed by atoms with E-state index in [9.17, 15) is 4.79 Å². The van der Waals surface area contributed by atoms with Crippen molar-refractivity contribution in [2.75, 3.05) is 49.2 Å². The average Bonchev–Trinajstić information content (AvgIpc) is 3.14. The van der Waals surface area contributed by atoms with E-state index in [4.69, 9.17) is 15.9 Å². The van der Waals surface area contributed by atoms with E-state index in [0.29, 0.717) is 57.0 Å². The first-order valence-electron chi connectivity index (χ1n) is 8.02. The van der Waals surface area contributed by atoms with Crippen LogP contribution in [-0.4, -0.2) is 59.7 Å². The third-order valence-electron chi connectivity index (χ3n) is 4.66. The van der Waals surface area contributed by atoms with E-state index in [1.54, 1.807) is 0 Å². The van der Waals surface area contributed by atoms with Crippen LogP contribution in [0.1, 0.15) is 12.8 Å². The minimum Gasteiger partial charge on any atom is -0.347 e. The number of hydrogen-bond donors (Lipinski definition) is 0. The Morgan fingerprint density at radius 1 is 1.25 bits per heavy atom. The molecule has 0 unspecified atom stereocenters. The highest BCUT2D eigenvalue weighted by Gasteiger charge is 2.40.